The molecule has 1 aliphatic heterocycles. The van der Waals surface area contributed by atoms with Crippen LogP contribution in [0.4, 0.5) is 14.5 Å². The largest absolute Gasteiger partial charge is 0.374 e. The minimum Gasteiger partial charge on any atom is -0.374 e. The number of hydrogen-bond acceptors (Lipinski definition) is 3. The van der Waals surface area contributed by atoms with Crippen molar-refractivity contribution in [3.8, 4) is 0 Å². The van der Waals surface area contributed by atoms with Gasteiger partial charge in [0.2, 0.25) is 0 Å². The molecule has 0 aliphatic carbocycles. The van der Waals surface area contributed by atoms with Crippen LogP contribution >= 0.6 is 0 Å². The molecule has 1 aromatic carbocycles. The van der Waals surface area contributed by atoms with Crippen molar-refractivity contribution in [3.05, 3.63) is 29.8 Å². The Morgan fingerprint density at radius 3 is 2.94 bits per heavy atom. The van der Waals surface area contributed by atoms with E-state index < -0.39 is 11.6 Å². The molecule has 1 N–H and O–H groups in total. The molecule has 0 spiro atoms. The third-order valence-corrected chi connectivity index (χ3v) is 2.80. The molecule has 1 atom stereocenters. The molecule has 1 saturated heterocycles. The normalized spacial score (nSPS) is 20.3. The first-order valence-electron chi connectivity index (χ1n) is 5.65. The Labute approximate surface area is 99.4 Å². The summed E-state index contributed by atoms with van der Waals surface area (Å²) in [6.45, 7) is 2.86. The Kier molecular flexibility index (Phi) is 3.91. The van der Waals surface area contributed by atoms with E-state index in [1.54, 1.807) is 11.9 Å². The molecule has 1 aliphatic rings. The molecular formula is C12H16F2N2O. The first kappa shape index (κ1) is 12.3. The number of nitrogens with zero attached hydrogens (tertiary/aromatic N) is 1. The molecule has 0 radical (unpaired) electrons. The molecular weight excluding hydrogens is 226 g/mol. The van der Waals surface area contributed by atoms with E-state index in [9.17, 15) is 8.78 Å². The van der Waals surface area contributed by atoms with Gasteiger partial charge in [-0.2, -0.15) is 0 Å². The molecule has 1 unspecified atom stereocenters. The van der Waals surface area contributed by atoms with Crippen molar-refractivity contribution >= 4 is 5.69 Å². The molecule has 2 rings (SSSR count). The Morgan fingerprint density at radius 1 is 1.47 bits per heavy atom. The molecule has 0 aromatic heterocycles. The van der Waals surface area contributed by atoms with Gasteiger partial charge in [-0.25, -0.2) is 8.78 Å². The molecule has 1 aromatic rings. The number of morpholine rings is 1. The Balaban J connectivity index is 2.00. The average molecular weight is 242 g/mol. The summed E-state index contributed by atoms with van der Waals surface area (Å²) in [4.78, 5) is 1.74. The first-order valence-corrected chi connectivity index (χ1v) is 5.65. The lowest BCUT2D eigenvalue weighted by atomic mass is 10.2. The maximum absolute atomic E-state index is 13.5. The van der Waals surface area contributed by atoms with E-state index in [2.05, 4.69) is 5.32 Å². The lowest BCUT2D eigenvalue weighted by molar-refractivity contribution is 0.0339. The van der Waals surface area contributed by atoms with Gasteiger partial charge in [-0.05, 0) is 12.1 Å². The van der Waals surface area contributed by atoms with Crippen molar-refractivity contribution in [2.45, 2.75) is 6.10 Å². The second-order valence-electron chi connectivity index (χ2n) is 4.17. The fraction of sp³-hybridized carbons (Fsp3) is 0.500. The van der Waals surface area contributed by atoms with Gasteiger partial charge < -0.3 is 15.0 Å². The second-order valence-corrected chi connectivity index (χ2v) is 4.17. The second kappa shape index (κ2) is 5.42. The van der Waals surface area contributed by atoms with E-state index in [0.717, 1.165) is 19.2 Å². The smallest absolute Gasteiger partial charge is 0.149 e. The van der Waals surface area contributed by atoms with E-state index in [4.69, 9.17) is 4.74 Å². The van der Waals surface area contributed by atoms with Crippen LogP contribution in [-0.2, 0) is 4.74 Å². The fourth-order valence-corrected chi connectivity index (χ4v) is 1.93. The van der Waals surface area contributed by atoms with E-state index in [-0.39, 0.29) is 6.10 Å². The van der Waals surface area contributed by atoms with Gasteiger partial charge in [0.05, 0.1) is 18.4 Å². The van der Waals surface area contributed by atoms with E-state index in [1.165, 1.54) is 12.1 Å². The number of likely N-dealkylation sites (N-methyl/N-ethyl adjacent to an activating group) is 1. The van der Waals surface area contributed by atoms with Gasteiger partial charge in [0.1, 0.15) is 11.6 Å². The van der Waals surface area contributed by atoms with Crippen LogP contribution in [0.25, 0.3) is 0 Å². The molecule has 0 amide bonds. The van der Waals surface area contributed by atoms with Crippen LogP contribution in [0.2, 0.25) is 0 Å². The summed E-state index contributed by atoms with van der Waals surface area (Å²) in [6, 6.07) is 3.60. The van der Waals surface area contributed by atoms with Crippen LogP contribution in [-0.4, -0.2) is 39.4 Å². The summed E-state index contributed by atoms with van der Waals surface area (Å²) in [5.41, 5.74) is 0.389. The van der Waals surface area contributed by atoms with Crippen LogP contribution < -0.4 is 10.2 Å². The third kappa shape index (κ3) is 3.14. The molecule has 5 heteroatoms. The highest BCUT2D eigenvalue weighted by Gasteiger charge is 2.17. The molecule has 0 saturated carbocycles. The van der Waals surface area contributed by atoms with Crippen molar-refractivity contribution in [1.82, 2.24) is 5.32 Å². The van der Waals surface area contributed by atoms with Crippen molar-refractivity contribution < 1.29 is 13.5 Å². The van der Waals surface area contributed by atoms with Gasteiger partial charge in [-0.3, -0.25) is 0 Å². The zero-order valence-corrected chi connectivity index (χ0v) is 9.75. The molecule has 1 heterocycles. The predicted molar refractivity (Wildman–Crippen MR) is 62.2 cm³/mol. The number of nitrogens with one attached hydrogen (secondary N) is 1. The maximum Gasteiger partial charge on any atom is 0.149 e. The summed E-state index contributed by atoms with van der Waals surface area (Å²) in [7, 11) is 1.77. The van der Waals surface area contributed by atoms with E-state index >= 15 is 0 Å². The van der Waals surface area contributed by atoms with E-state index in [0.29, 0.717) is 18.8 Å². The quantitative estimate of drug-likeness (QED) is 0.867. The molecule has 3 nitrogen and oxygen atoms in total. The van der Waals surface area contributed by atoms with Crippen molar-refractivity contribution in [2.75, 3.05) is 38.2 Å². The lowest BCUT2D eigenvalue weighted by Gasteiger charge is -2.29. The summed E-state index contributed by atoms with van der Waals surface area (Å²) in [5.74, 6) is -1.11. The third-order valence-electron chi connectivity index (χ3n) is 2.80. The highest BCUT2D eigenvalue weighted by atomic mass is 19.1. The van der Waals surface area contributed by atoms with Crippen LogP contribution in [0, 0.1) is 11.6 Å². The molecule has 94 valence electrons. The highest BCUT2D eigenvalue weighted by Crippen LogP contribution is 2.19. The van der Waals surface area contributed by atoms with E-state index in [1.807, 2.05) is 0 Å². The van der Waals surface area contributed by atoms with Gasteiger partial charge in [-0.15, -0.1) is 0 Å². The van der Waals surface area contributed by atoms with Crippen LogP contribution in [0.3, 0.4) is 0 Å². The standard InChI is InChI=1S/C12H16F2N2O/c1-16(8-10-7-15-4-5-17-10)12-3-2-9(13)6-11(12)14/h2-3,6,10,15H,4-5,7-8H2,1H3. The minimum absolute atomic E-state index is 0.0400. The SMILES string of the molecule is CN(CC1CNCCO1)c1ccc(F)cc1F. The zero-order valence-electron chi connectivity index (χ0n) is 9.75. The van der Waals surface area contributed by atoms with Gasteiger partial charge in [-0.1, -0.05) is 0 Å². The van der Waals surface area contributed by atoms with Gasteiger partial charge >= 0.3 is 0 Å². The van der Waals surface area contributed by atoms with Crippen LogP contribution in [0.15, 0.2) is 18.2 Å². The fourth-order valence-electron chi connectivity index (χ4n) is 1.93. The Morgan fingerprint density at radius 2 is 2.29 bits per heavy atom. The highest BCUT2D eigenvalue weighted by molar-refractivity contribution is 5.47. The van der Waals surface area contributed by atoms with Gasteiger partial charge in [0, 0.05) is 32.7 Å². The number of benzene rings is 1. The molecule has 17 heavy (non-hydrogen) atoms. The average Bonchev–Trinajstić information content (AvgIpc) is 2.30. The van der Waals surface area contributed by atoms with Crippen molar-refractivity contribution in [3.63, 3.8) is 0 Å². The summed E-state index contributed by atoms with van der Waals surface area (Å²) >= 11 is 0. The zero-order chi connectivity index (χ0) is 12.3. The Bertz CT molecular complexity index is 381. The van der Waals surface area contributed by atoms with Crippen LogP contribution in [0.5, 0.6) is 0 Å². The minimum atomic E-state index is -0.560. The lowest BCUT2D eigenvalue weighted by Crippen LogP contribution is -2.44. The summed E-state index contributed by atoms with van der Waals surface area (Å²) in [6.07, 6.45) is 0.0400. The first-order chi connectivity index (χ1) is 8.16. The molecule has 1 fully saturated rings. The number of halogens is 2. The summed E-state index contributed by atoms with van der Waals surface area (Å²) in [5, 5.41) is 3.21. The van der Waals surface area contributed by atoms with Gasteiger partial charge in [0.15, 0.2) is 0 Å². The Hall–Kier alpha value is -1.20. The predicted octanol–water partition coefficient (Wildman–Crippen LogP) is 1.39. The topological polar surface area (TPSA) is 24.5 Å². The molecule has 0 bridgehead atoms. The number of rotatable bonds is 3. The number of anilines is 1. The maximum atomic E-state index is 13.5. The van der Waals surface area contributed by atoms with Crippen molar-refractivity contribution in [1.29, 1.82) is 0 Å². The van der Waals surface area contributed by atoms with Crippen molar-refractivity contribution in [2.24, 2.45) is 0 Å². The number of hydrogen-bond donors (Lipinski definition) is 1. The monoisotopic (exact) mass is 242 g/mol. The van der Waals surface area contributed by atoms with Gasteiger partial charge in [0.25, 0.3) is 0 Å². The number of ether oxygens (including phenoxy) is 1. The summed E-state index contributed by atoms with van der Waals surface area (Å²) < 4.78 is 31.8. The van der Waals surface area contributed by atoms with Crippen LogP contribution in [0.1, 0.15) is 0 Å².